The lowest BCUT2D eigenvalue weighted by molar-refractivity contribution is 0.0887. The first kappa shape index (κ1) is 29.2. The Labute approximate surface area is 225 Å². The summed E-state index contributed by atoms with van der Waals surface area (Å²) in [4.78, 5) is -0.344. The third kappa shape index (κ3) is 5.56. The van der Waals surface area contributed by atoms with Crippen LogP contribution >= 0.6 is 0 Å². The molecule has 0 spiro atoms. The van der Waals surface area contributed by atoms with Gasteiger partial charge in [0.15, 0.2) is 19.7 Å². The molecule has 0 saturated carbocycles. The Hall–Kier alpha value is -1.84. The van der Waals surface area contributed by atoms with Crippen LogP contribution in [0.5, 0.6) is 0 Å². The third-order valence-corrected chi connectivity index (χ3v) is 14.5. The number of rotatable bonds is 7. The van der Waals surface area contributed by atoms with Gasteiger partial charge in [-0.15, -0.1) is 8.83 Å². The molecule has 2 heterocycles. The van der Waals surface area contributed by atoms with Crippen molar-refractivity contribution in [3.8, 4) is 0 Å². The summed E-state index contributed by atoms with van der Waals surface area (Å²) >= 11 is 0. The molecule has 2 atom stereocenters. The topological polar surface area (TPSA) is 143 Å². The fraction of sp³-hybridized carbons (Fsp3) is 0.500. The molecular formula is C24H32N2O8S4. The molecule has 0 radical (unpaired) electrons. The number of aryl methyl sites for hydroxylation is 4. The van der Waals surface area contributed by atoms with E-state index in [-0.39, 0.29) is 34.1 Å². The number of nitrogens with zero attached hydrogens (tertiary/aromatic N) is 2. The lowest BCUT2D eigenvalue weighted by atomic mass is 10.2. The van der Waals surface area contributed by atoms with Gasteiger partial charge in [0.1, 0.15) is 0 Å². The van der Waals surface area contributed by atoms with Gasteiger partial charge in [-0.05, 0) is 63.8 Å². The molecule has 4 rings (SSSR count). The van der Waals surface area contributed by atoms with Crippen LogP contribution in [0.3, 0.4) is 0 Å². The highest BCUT2D eigenvalue weighted by molar-refractivity contribution is 7.93. The largest absolute Gasteiger partial charge is 0.257 e. The van der Waals surface area contributed by atoms with Gasteiger partial charge in [0.2, 0.25) is 0 Å². The second-order valence-corrected chi connectivity index (χ2v) is 18.2. The molecule has 2 aliphatic rings. The molecule has 0 aromatic heterocycles. The molecule has 2 aliphatic heterocycles. The maximum absolute atomic E-state index is 14.3. The molecule has 2 aromatic rings. The van der Waals surface area contributed by atoms with Crippen LogP contribution in [0.2, 0.25) is 0 Å². The van der Waals surface area contributed by atoms with Crippen LogP contribution in [0.25, 0.3) is 0 Å². The van der Waals surface area contributed by atoms with Crippen LogP contribution in [-0.2, 0) is 39.7 Å². The fourth-order valence-corrected chi connectivity index (χ4v) is 13.0. The van der Waals surface area contributed by atoms with Crippen LogP contribution in [-0.4, -0.2) is 77.6 Å². The molecule has 0 N–H and O–H groups in total. The maximum Gasteiger partial charge on any atom is 0.257 e. The van der Waals surface area contributed by atoms with Crippen molar-refractivity contribution in [3.05, 3.63) is 58.7 Å². The summed E-state index contributed by atoms with van der Waals surface area (Å²) in [5, 5.41) is 0. The SMILES string of the molecule is Cc1ccc(S(=O)(=O)N([C@H]2CCS(=O)(=O)C2)N([C@H]2CCS(=O)(=O)C2)S(=O)(=O)c2ccc(C)cc2C)c(C)c1. The first-order valence-electron chi connectivity index (χ1n) is 12.1. The van der Waals surface area contributed by atoms with Gasteiger partial charge in [-0.25, -0.2) is 33.7 Å². The first-order chi connectivity index (χ1) is 17.4. The van der Waals surface area contributed by atoms with Gasteiger partial charge in [-0.2, -0.15) is 0 Å². The van der Waals surface area contributed by atoms with Gasteiger partial charge in [-0.3, -0.25) is 0 Å². The molecule has 10 nitrogen and oxygen atoms in total. The number of benzene rings is 2. The van der Waals surface area contributed by atoms with Crippen molar-refractivity contribution in [2.24, 2.45) is 0 Å². The van der Waals surface area contributed by atoms with Crippen LogP contribution in [0, 0.1) is 27.7 Å². The van der Waals surface area contributed by atoms with Crippen LogP contribution in [0.1, 0.15) is 35.1 Å². The Kier molecular flexibility index (Phi) is 7.65. The molecule has 2 saturated heterocycles. The zero-order valence-corrected chi connectivity index (χ0v) is 24.9. The summed E-state index contributed by atoms with van der Waals surface area (Å²) in [6.07, 6.45) is -0.240. The minimum absolute atomic E-state index is 0.120. The molecule has 38 heavy (non-hydrogen) atoms. The minimum atomic E-state index is -4.65. The molecule has 2 fully saturated rings. The van der Waals surface area contributed by atoms with Gasteiger partial charge in [0, 0.05) is 0 Å². The Balaban J connectivity index is 2.01. The van der Waals surface area contributed by atoms with Gasteiger partial charge >= 0.3 is 0 Å². The number of hydrogen-bond acceptors (Lipinski definition) is 8. The van der Waals surface area contributed by atoms with E-state index in [1.165, 1.54) is 12.1 Å². The lowest BCUT2D eigenvalue weighted by Crippen LogP contribution is -2.59. The molecule has 0 bridgehead atoms. The van der Waals surface area contributed by atoms with Crippen molar-refractivity contribution in [3.63, 3.8) is 0 Å². The van der Waals surface area contributed by atoms with E-state index in [1.807, 2.05) is 0 Å². The van der Waals surface area contributed by atoms with Gasteiger partial charge < -0.3 is 0 Å². The molecule has 14 heteroatoms. The Morgan fingerprint density at radius 2 is 0.974 bits per heavy atom. The standard InChI is InChI=1S/C24H32N2O8S4/c1-17-5-7-23(19(3)13-17)37(31,32)25(21-9-11-35(27,28)15-21)26(22-10-12-36(29,30)16-22)38(33,34)24-8-6-18(2)14-20(24)4/h5-8,13-14,21-22H,9-12,15-16H2,1-4H3/t21-,22-/m0/s1. The second kappa shape index (κ2) is 9.97. The monoisotopic (exact) mass is 604 g/mol. The summed E-state index contributed by atoms with van der Waals surface area (Å²) in [7, 11) is -16.6. The zero-order valence-electron chi connectivity index (χ0n) is 21.7. The highest BCUT2D eigenvalue weighted by atomic mass is 32.2. The van der Waals surface area contributed by atoms with Gasteiger partial charge in [0.05, 0.1) is 44.9 Å². The highest BCUT2D eigenvalue weighted by Gasteiger charge is 2.51. The molecular weight excluding hydrogens is 573 g/mol. The van der Waals surface area contributed by atoms with Crippen LogP contribution < -0.4 is 0 Å². The normalized spacial score (nSPS) is 23.3. The summed E-state index contributed by atoms with van der Waals surface area (Å²) in [6, 6.07) is 6.70. The van der Waals surface area contributed by atoms with Crippen LogP contribution in [0.15, 0.2) is 46.2 Å². The van der Waals surface area contributed by atoms with Crippen molar-refractivity contribution in [2.45, 2.75) is 62.4 Å². The van der Waals surface area contributed by atoms with Crippen molar-refractivity contribution in [1.82, 2.24) is 8.83 Å². The van der Waals surface area contributed by atoms with Crippen molar-refractivity contribution < 1.29 is 33.7 Å². The first-order valence-corrected chi connectivity index (χ1v) is 18.6. The smallest absolute Gasteiger partial charge is 0.229 e. The summed E-state index contributed by atoms with van der Waals surface area (Å²) in [6.45, 7) is 6.72. The maximum atomic E-state index is 14.3. The van der Waals surface area contributed by atoms with E-state index in [4.69, 9.17) is 0 Å². The van der Waals surface area contributed by atoms with Gasteiger partial charge in [0.25, 0.3) is 20.0 Å². The number of sulfonamides is 2. The predicted molar refractivity (Wildman–Crippen MR) is 144 cm³/mol. The number of hydrogen-bond donors (Lipinski definition) is 0. The highest BCUT2D eigenvalue weighted by Crippen LogP contribution is 2.36. The average molecular weight is 605 g/mol. The van der Waals surface area contributed by atoms with Crippen molar-refractivity contribution in [1.29, 1.82) is 0 Å². The van der Waals surface area contributed by atoms with Crippen LogP contribution in [0.4, 0.5) is 0 Å². The van der Waals surface area contributed by atoms with E-state index in [1.54, 1.807) is 52.0 Å². The minimum Gasteiger partial charge on any atom is -0.229 e. The molecule has 0 unspecified atom stereocenters. The van der Waals surface area contributed by atoms with E-state index >= 15 is 0 Å². The molecule has 2 aromatic carbocycles. The Morgan fingerprint density at radius 3 is 1.24 bits per heavy atom. The van der Waals surface area contributed by atoms with E-state index in [2.05, 4.69) is 0 Å². The van der Waals surface area contributed by atoms with Gasteiger partial charge in [-0.1, -0.05) is 35.4 Å². The summed E-state index contributed by atoms with van der Waals surface area (Å²) in [5.41, 5.74) is 2.30. The Bertz CT molecular complexity index is 1570. The van der Waals surface area contributed by atoms with Crippen molar-refractivity contribution in [2.75, 3.05) is 23.0 Å². The van der Waals surface area contributed by atoms with E-state index in [9.17, 15) is 33.7 Å². The van der Waals surface area contributed by atoms with E-state index in [0.717, 1.165) is 11.1 Å². The molecule has 210 valence electrons. The second-order valence-electron chi connectivity index (χ2n) is 10.2. The quantitative estimate of drug-likeness (QED) is 0.436. The summed E-state index contributed by atoms with van der Waals surface area (Å²) < 4.78 is 109. The fourth-order valence-electron chi connectivity index (χ4n) is 5.20. The Morgan fingerprint density at radius 1 is 0.632 bits per heavy atom. The zero-order chi connectivity index (χ0) is 28.3. The number of sulfone groups is 2. The predicted octanol–water partition coefficient (Wildman–Crippen LogP) is 1.89. The van der Waals surface area contributed by atoms with Crippen molar-refractivity contribution >= 4 is 39.7 Å². The molecule has 0 aliphatic carbocycles. The number of hydrazine groups is 1. The third-order valence-electron chi connectivity index (χ3n) is 6.95. The lowest BCUT2D eigenvalue weighted by Gasteiger charge is -2.40. The molecule has 0 amide bonds. The average Bonchev–Trinajstić information content (AvgIpc) is 3.31. The van der Waals surface area contributed by atoms with E-state index < -0.39 is 63.3 Å². The summed E-state index contributed by atoms with van der Waals surface area (Å²) in [5.74, 6) is -1.76. The van der Waals surface area contributed by atoms with E-state index in [0.29, 0.717) is 20.0 Å².